The number of methoxy groups -OCH3 is 1. The zero-order valence-corrected chi connectivity index (χ0v) is 12.6. The van der Waals surface area contributed by atoms with E-state index >= 15 is 0 Å². The van der Waals surface area contributed by atoms with E-state index in [1.165, 1.54) is 0 Å². The summed E-state index contributed by atoms with van der Waals surface area (Å²) in [7, 11) is 3.49. The van der Waals surface area contributed by atoms with Gasteiger partial charge in [-0.15, -0.1) is 0 Å². The summed E-state index contributed by atoms with van der Waals surface area (Å²) < 4.78 is 15.7. The molecule has 1 aromatic carbocycles. The van der Waals surface area contributed by atoms with Crippen molar-refractivity contribution in [2.75, 3.05) is 33.9 Å². The third kappa shape index (κ3) is 6.43. The number of esters is 1. The van der Waals surface area contributed by atoms with Gasteiger partial charge in [0.2, 0.25) is 0 Å². The average molecular weight is 281 g/mol. The Labute approximate surface area is 120 Å². The Bertz CT molecular complexity index is 403. The van der Waals surface area contributed by atoms with Crippen LogP contribution in [0, 0.1) is 0 Å². The number of hydrogen-bond donors (Lipinski definition) is 0. The summed E-state index contributed by atoms with van der Waals surface area (Å²) >= 11 is 0. The lowest BCUT2D eigenvalue weighted by Gasteiger charge is -2.17. The van der Waals surface area contributed by atoms with Gasteiger partial charge in [0.1, 0.15) is 18.1 Å². The topological polar surface area (TPSA) is 48.0 Å². The van der Waals surface area contributed by atoms with Crippen LogP contribution in [0.5, 0.6) is 11.5 Å². The van der Waals surface area contributed by atoms with E-state index in [0.29, 0.717) is 13.2 Å². The molecule has 0 aliphatic heterocycles. The number of likely N-dealkylation sites (N-methyl/N-ethyl adjacent to an activating group) is 1. The van der Waals surface area contributed by atoms with Crippen molar-refractivity contribution < 1.29 is 19.0 Å². The number of carbonyl (C=O) groups excluding carboxylic acids is 1. The number of ether oxygens (including phenoxy) is 3. The minimum Gasteiger partial charge on any atom is -0.497 e. The second kappa shape index (κ2) is 8.43. The van der Waals surface area contributed by atoms with E-state index in [1.807, 2.05) is 50.1 Å². The summed E-state index contributed by atoms with van der Waals surface area (Å²) in [6.45, 7) is 5.11. The highest BCUT2D eigenvalue weighted by Gasteiger charge is 2.09. The Hall–Kier alpha value is -1.75. The minimum absolute atomic E-state index is 0.0774. The van der Waals surface area contributed by atoms with Crippen LogP contribution in [0.25, 0.3) is 0 Å². The standard InChI is InChI=1S/C15H23NO4/c1-12(2)20-15(17)11-16(3)9-10-19-14-7-5-13(18-4)6-8-14/h5-8,12H,9-11H2,1-4H3. The molecule has 5 nitrogen and oxygen atoms in total. The van der Waals surface area contributed by atoms with Gasteiger partial charge in [-0.25, -0.2) is 0 Å². The Morgan fingerprint density at radius 3 is 2.35 bits per heavy atom. The predicted octanol–water partition coefficient (Wildman–Crippen LogP) is 1.96. The van der Waals surface area contributed by atoms with Crippen molar-refractivity contribution in [2.45, 2.75) is 20.0 Å². The molecule has 0 aliphatic carbocycles. The van der Waals surface area contributed by atoms with Gasteiger partial charge >= 0.3 is 5.97 Å². The van der Waals surface area contributed by atoms with Gasteiger partial charge in [-0.05, 0) is 45.2 Å². The van der Waals surface area contributed by atoms with Crippen LogP contribution in [0.3, 0.4) is 0 Å². The first kappa shape index (κ1) is 16.3. The molecule has 0 radical (unpaired) electrons. The molecule has 1 aromatic rings. The van der Waals surface area contributed by atoms with Crippen molar-refractivity contribution in [3.8, 4) is 11.5 Å². The molecule has 0 bridgehead atoms. The molecule has 112 valence electrons. The van der Waals surface area contributed by atoms with Crippen molar-refractivity contribution in [3.63, 3.8) is 0 Å². The number of benzene rings is 1. The van der Waals surface area contributed by atoms with E-state index in [1.54, 1.807) is 7.11 Å². The van der Waals surface area contributed by atoms with Crippen LogP contribution < -0.4 is 9.47 Å². The maximum absolute atomic E-state index is 11.4. The van der Waals surface area contributed by atoms with Crippen molar-refractivity contribution in [1.82, 2.24) is 4.90 Å². The first-order chi connectivity index (χ1) is 9.51. The van der Waals surface area contributed by atoms with Gasteiger partial charge in [0, 0.05) is 6.54 Å². The summed E-state index contributed by atoms with van der Waals surface area (Å²) in [6.07, 6.45) is -0.0774. The Kier molecular flexibility index (Phi) is 6.87. The SMILES string of the molecule is COc1ccc(OCCN(C)CC(=O)OC(C)C)cc1. The van der Waals surface area contributed by atoms with E-state index in [4.69, 9.17) is 14.2 Å². The molecule has 0 atom stereocenters. The normalized spacial score (nSPS) is 10.7. The maximum Gasteiger partial charge on any atom is 0.320 e. The van der Waals surface area contributed by atoms with E-state index < -0.39 is 0 Å². The number of rotatable bonds is 8. The maximum atomic E-state index is 11.4. The highest BCUT2D eigenvalue weighted by atomic mass is 16.5. The van der Waals surface area contributed by atoms with Crippen LogP contribution in [0.1, 0.15) is 13.8 Å². The lowest BCUT2D eigenvalue weighted by atomic mass is 10.3. The van der Waals surface area contributed by atoms with E-state index in [-0.39, 0.29) is 18.6 Å². The first-order valence-electron chi connectivity index (χ1n) is 6.66. The van der Waals surface area contributed by atoms with Gasteiger partial charge in [-0.1, -0.05) is 0 Å². The second-order valence-corrected chi connectivity index (χ2v) is 4.80. The monoisotopic (exact) mass is 281 g/mol. The summed E-state index contributed by atoms with van der Waals surface area (Å²) in [5.74, 6) is 1.36. The van der Waals surface area contributed by atoms with Gasteiger partial charge in [-0.3, -0.25) is 9.69 Å². The van der Waals surface area contributed by atoms with Crippen LogP contribution in [0.2, 0.25) is 0 Å². The zero-order chi connectivity index (χ0) is 15.0. The highest BCUT2D eigenvalue weighted by Crippen LogP contribution is 2.16. The smallest absolute Gasteiger partial charge is 0.320 e. The molecule has 0 N–H and O–H groups in total. The molecule has 0 aliphatic rings. The second-order valence-electron chi connectivity index (χ2n) is 4.80. The first-order valence-corrected chi connectivity index (χ1v) is 6.66. The molecule has 0 aromatic heterocycles. The molecule has 0 saturated heterocycles. The Balaban J connectivity index is 2.23. The van der Waals surface area contributed by atoms with Crippen LogP contribution in [-0.4, -0.2) is 50.8 Å². The largest absolute Gasteiger partial charge is 0.497 e. The summed E-state index contributed by atoms with van der Waals surface area (Å²) in [5, 5.41) is 0. The van der Waals surface area contributed by atoms with Crippen molar-refractivity contribution in [3.05, 3.63) is 24.3 Å². The molecule has 5 heteroatoms. The van der Waals surface area contributed by atoms with Gasteiger partial charge < -0.3 is 14.2 Å². The molecular formula is C15H23NO4. The molecular weight excluding hydrogens is 258 g/mol. The fourth-order valence-electron chi connectivity index (χ4n) is 1.59. The summed E-state index contributed by atoms with van der Waals surface area (Å²) in [4.78, 5) is 13.3. The van der Waals surface area contributed by atoms with Gasteiger partial charge in [-0.2, -0.15) is 0 Å². The van der Waals surface area contributed by atoms with E-state index in [2.05, 4.69) is 0 Å². The van der Waals surface area contributed by atoms with Gasteiger partial charge in [0.25, 0.3) is 0 Å². The van der Waals surface area contributed by atoms with Gasteiger partial charge in [0.15, 0.2) is 0 Å². The quantitative estimate of drug-likeness (QED) is 0.682. The minimum atomic E-state index is -0.216. The van der Waals surface area contributed by atoms with E-state index in [0.717, 1.165) is 11.5 Å². The number of hydrogen-bond acceptors (Lipinski definition) is 5. The molecule has 0 amide bonds. The molecule has 20 heavy (non-hydrogen) atoms. The van der Waals surface area contributed by atoms with Crippen molar-refractivity contribution >= 4 is 5.97 Å². The third-order valence-electron chi connectivity index (χ3n) is 2.57. The third-order valence-corrected chi connectivity index (χ3v) is 2.57. The summed E-state index contributed by atoms with van der Waals surface area (Å²) in [5.41, 5.74) is 0. The fraction of sp³-hybridized carbons (Fsp3) is 0.533. The lowest BCUT2D eigenvalue weighted by Crippen LogP contribution is -2.31. The molecule has 0 unspecified atom stereocenters. The highest BCUT2D eigenvalue weighted by molar-refractivity contribution is 5.71. The Morgan fingerprint density at radius 2 is 1.80 bits per heavy atom. The van der Waals surface area contributed by atoms with E-state index in [9.17, 15) is 4.79 Å². The van der Waals surface area contributed by atoms with Crippen LogP contribution in [-0.2, 0) is 9.53 Å². The fourth-order valence-corrected chi connectivity index (χ4v) is 1.59. The van der Waals surface area contributed by atoms with Crippen molar-refractivity contribution in [2.24, 2.45) is 0 Å². The average Bonchev–Trinajstić information content (AvgIpc) is 2.38. The molecule has 0 saturated carbocycles. The lowest BCUT2D eigenvalue weighted by molar-refractivity contribution is -0.148. The zero-order valence-electron chi connectivity index (χ0n) is 12.6. The molecule has 1 rings (SSSR count). The van der Waals surface area contributed by atoms with Crippen LogP contribution >= 0.6 is 0 Å². The van der Waals surface area contributed by atoms with Crippen molar-refractivity contribution in [1.29, 1.82) is 0 Å². The molecule has 0 fully saturated rings. The molecule has 0 heterocycles. The number of nitrogens with zero attached hydrogens (tertiary/aromatic N) is 1. The Morgan fingerprint density at radius 1 is 1.20 bits per heavy atom. The van der Waals surface area contributed by atoms with Crippen LogP contribution in [0.4, 0.5) is 0 Å². The predicted molar refractivity (Wildman–Crippen MR) is 77.2 cm³/mol. The van der Waals surface area contributed by atoms with Gasteiger partial charge in [0.05, 0.1) is 19.8 Å². The number of carbonyl (C=O) groups is 1. The van der Waals surface area contributed by atoms with Crippen LogP contribution in [0.15, 0.2) is 24.3 Å². The summed E-state index contributed by atoms with van der Waals surface area (Å²) in [6, 6.07) is 7.40. The molecule has 0 spiro atoms.